The molecule has 0 unspecified atom stereocenters. The van der Waals surface area contributed by atoms with Crippen LogP contribution in [-0.4, -0.2) is 12.1 Å². The molecule has 0 bridgehead atoms. The molecule has 1 heterocycles. The maximum atomic E-state index is 10.7. The number of carbonyl (C=O) groups excluding carboxylic acids is 2. The molecule has 0 atom stereocenters. The molecule has 12 heavy (non-hydrogen) atoms. The van der Waals surface area contributed by atoms with Crippen LogP contribution in [0.4, 0.5) is 0 Å². The summed E-state index contributed by atoms with van der Waals surface area (Å²) >= 11 is 1.32. The molecule has 58 valence electrons. The van der Waals surface area contributed by atoms with E-state index in [0.29, 0.717) is 11.3 Å². The number of thiophene rings is 1. The standard InChI is InChI=1S/C8H7O2S.Y/c1-6(10)4-7-2-3-11-8(7)5-9;/h2-3H,4H2,1H3;/q-1;+3. The molecule has 0 N–H and O–H groups in total. The van der Waals surface area contributed by atoms with Gasteiger partial charge in [0, 0.05) is 6.29 Å². The molecule has 0 spiro atoms. The summed E-state index contributed by atoms with van der Waals surface area (Å²) in [6.45, 7) is 1.51. The molecule has 1 aromatic rings. The Kier molecular flexibility index (Phi) is 5.80. The fraction of sp³-hybridized carbons (Fsp3) is 0.250. The van der Waals surface area contributed by atoms with Crippen molar-refractivity contribution in [2.45, 2.75) is 13.3 Å². The van der Waals surface area contributed by atoms with Crippen molar-refractivity contribution in [1.82, 2.24) is 0 Å². The van der Waals surface area contributed by atoms with Crippen molar-refractivity contribution in [1.29, 1.82) is 0 Å². The maximum absolute atomic E-state index is 10.7. The van der Waals surface area contributed by atoms with Gasteiger partial charge >= 0.3 is 32.7 Å². The summed E-state index contributed by atoms with van der Waals surface area (Å²) in [4.78, 5) is 21.4. The Morgan fingerprint density at radius 2 is 2.33 bits per heavy atom. The van der Waals surface area contributed by atoms with Gasteiger partial charge in [0.25, 0.3) is 0 Å². The van der Waals surface area contributed by atoms with Crippen LogP contribution in [0.2, 0.25) is 0 Å². The van der Waals surface area contributed by atoms with Crippen molar-refractivity contribution in [2.24, 2.45) is 0 Å². The van der Waals surface area contributed by atoms with Crippen LogP contribution in [0.5, 0.6) is 0 Å². The van der Waals surface area contributed by atoms with E-state index in [4.69, 9.17) is 0 Å². The van der Waals surface area contributed by atoms with Crippen LogP contribution < -0.4 is 0 Å². The first-order valence-corrected chi connectivity index (χ1v) is 4.06. The molecular formula is C8H7O2SY+2. The minimum absolute atomic E-state index is 0. The van der Waals surface area contributed by atoms with Crippen LogP contribution in [0.15, 0.2) is 11.4 Å². The predicted molar refractivity (Wildman–Crippen MR) is 43.5 cm³/mol. The first-order chi connectivity index (χ1) is 5.24. The van der Waals surface area contributed by atoms with Gasteiger partial charge in [-0.2, -0.15) is 16.9 Å². The van der Waals surface area contributed by atoms with E-state index in [2.05, 4.69) is 0 Å². The average molecular weight is 256 g/mol. The largest absolute Gasteiger partial charge is 3.00 e. The van der Waals surface area contributed by atoms with Gasteiger partial charge in [0.05, 0.1) is 0 Å². The molecule has 0 amide bonds. The first-order valence-electron chi connectivity index (χ1n) is 3.18. The molecule has 0 aliphatic rings. The molecule has 2 nitrogen and oxygen atoms in total. The third-order valence-corrected chi connectivity index (χ3v) is 2.13. The smallest absolute Gasteiger partial charge is 0.417 e. The number of carbonyl (C=O) groups is 1. The Balaban J connectivity index is 0.00000121. The van der Waals surface area contributed by atoms with E-state index in [1.807, 2.05) is 0 Å². The van der Waals surface area contributed by atoms with Crippen molar-refractivity contribution < 1.29 is 42.3 Å². The van der Waals surface area contributed by atoms with Crippen molar-refractivity contribution in [3.63, 3.8) is 0 Å². The van der Waals surface area contributed by atoms with Crippen LogP contribution in [0.1, 0.15) is 17.4 Å². The predicted octanol–water partition coefficient (Wildman–Crippen LogP) is 1.33. The van der Waals surface area contributed by atoms with E-state index in [0.717, 1.165) is 5.56 Å². The van der Waals surface area contributed by atoms with Crippen LogP contribution in [0, 0.1) is 0 Å². The summed E-state index contributed by atoms with van der Waals surface area (Å²) in [6, 6.07) is 1.78. The molecule has 0 aliphatic carbocycles. The van der Waals surface area contributed by atoms with E-state index < -0.39 is 0 Å². The van der Waals surface area contributed by atoms with E-state index in [9.17, 15) is 9.59 Å². The summed E-state index contributed by atoms with van der Waals surface area (Å²) in [5.74, 6) is 0.0694. The molecule has 0 aromatic carbocycles. The molecule has 1 rings (SSSR count). The van der Waals surface area contributed by atoms with E-state index >= 15 is 0 Å². The molecular weight excluding hydrogens is 249 g/mol. The molecule has 0 aliphatic heterocycles. The van der Waals surface area contributed by atoms with Gasteiger partial charge in [0.15, 0.2) is 0 Å². The second kappa shape index (κ2) is 5.73. The van der Waals surface area contributed by atoms with E-state index in [1.54, 1.807) is 17.7 Å². The molecule has 0 saturated heterocycles. The van der Waals surface area contributed by atoms with Crippen molar-refractivity contribution in [2.75, 3.05) is 0 Å². The first kappa shape index (κ1) is 12.1. The monoisotopic (exact) mass is 256 g/mol. The van der Waals surface area contributed by atoms with Crippen molar-refractivity contribution in [3.05, 3.63) is 21.9 Å². The van der Waals surface area contributed by atoms with E-state index in [1.165, 1.54) is 18.3 Å². The number of hydrogen-bond donors (Lipinski definition) is 0. The van der Waals surface area contributed by atoms with Gasteiger partial charge in [0.1, 0.15) is 5.78 Å². The Morgan fingerprint density at radius 3 is 2.83 bits per heavy atom. The normalized spacial score (nSPS) is 8.75. The Hall–Kier alpha value is 0.144. The quantitative estimate of drug-likeness (QED) is 0.765. The average Bonchev–Trinajstić information content (AvgIpc) is 2.34. The topological polar surface area (TPSA) is 34.1 Å². The zero-order chi connectivity index (χ0) is 8.27. The molecule has 0 radical (unpaired) electrons. The zero-order valence-electron chi connectivity index (χ0n) is 6.66. The number of ketones is 1. The van der Waals surface area contributed by atoms with Gasteiger partial charge < -0.3 is 9.59 Å². The fourth-order valence-electron chi connectivity index (χ4n) is 0.833. The second-order valence-corrected chi connectivity index (χ2v) is 3.17. The third-order valence-electron chi connectivity index (χ3n) is 1.28. The zero-order valence-corrected chi connectivity index (χ0v) is 10.3. The van der Waals surface area contributed by atoms with Crippen LogP contribution in [0.3, 0.4) is 0 Å². The second-order valence-electron chi connectivity index (χ2n) is 2.26. The maximum Gasteiger partial charge on any atom is 3.00 e. The summed E-state index contributed by atoms with van der Waals surface area (Å²) in [5, 5.41) is 1.79. The minimum Gasteiger partial charge on any atom is -0.417 e. The summed E-state index contributed by atoms with van der Waals surface area (Å²) in [5.41, 5.74) is 0.789. The Morgan fingerprint density at radius 1 is 1.67 bits per heavy atom. The van der Waals surface area contributed by atoms with Gasteiger partial charge in [0.2, 0.25) is 0 Å². The summed E-state index contributed by atoms with van der Waals surface area (Å²) < 4.78 is 0. The number of Topliss-reactive ketones (excluding diaryl/α,β-unsaturated/α-hetero) is 1. The fourth-order valence-corrected chi connectivity index (χ4v) is 1.54. The minimum atomic E-state index is 0. The van der Waals surface area contributed by atoms with Gasteiger partial charge in [-0.05, 0) is 18.7 Å². The number of hydrogen-bond acceptors (Lipinski definition) is 3. The van der Waals surface area contributed by atoms with Gasteiger partial charge in [-0.25, -0.2) is 0 Å². The van der Waals surface area contributed by atoms with Gasteiger partial charge in [-0.15, -0.1) is 6.07 Å². The molecule has 0 saturated carbocycles. The SMILES string of the molecule is CC(=O)Cc1ccsc1[C-]=O.[Y+3]. The molecule has 1 aromatic heterocycles. The van der Waals surface area contributed by atoms with Crippen LogP contribution in [0.25, 0.3) is 0 Å². The third kappa shape index (κ3) is 3.25. The van der Waals surface area contributed by atoms with Gasteiger partial charge in [-0.1, -0.05) is 4.88 Å². The van der Waals surface area contributed by atoms with Crippen LogP contribution in [-0.2, 0) is 48.7 Å². The number of rotatable bonds is 3. The van der Waals surface area contributed by atoms with Crippen LogP contribution >= 0.6 is 11.3 Å². The van der Waals surface area contributed by atoms with Crippen molar-refractivity contribution >= 4 is 23.4 Å². The molecule has 0 fully saturated rings. The van der Waals surface area contributed by atoms with Crippen molar-refractivity contribution in [3.8, 4) is 0 Å². The summed E-state index contributed by atoms with van der Waals surface area (Å²) in [6.07, 6.45) is 2.14. The Bertz CT molecular complexity index is 280. The Labute approximate surface area is 100 Å². The molecule has 4 heteroatoms. The van der Waals surface area contributed by atoms with Gasteiger partial charge in [-0.3, -0.25) is 0 Å². The summed E-state index contributed by atoms with van der Waals surface area (Å²) in [7, 11) is 0. The van der Waals surface area contributed by atoms with E-state index in [-0.39, 0.29) is 38.5 Å².